The Morgan fingerprint density at radius 2 is 2.00 bits per heavy atom. The highest BCUT2D eigenvalue weighted by Gasteiger charge is 2.14. The van der Waals surface area contributed by atoms with E-state index in [1.807, 2.05) is 43.9 Å². The molecule has 1 amide bonds. The first-order chi connectivity index (χ1) is 10.1. The third-order valence-electron chi connectivity index (χ3n) is 3.54. The Kier molecular flexibility index (Phi) is 5.09. The number of likely N-dealkylation sites (N-methyl/N-ethyl adjacent to an activating group) is 1. The van der Waals surface area contributed by atoms with Gasteiger partial charge in [0.05, 0.1) is 5.69 Å². The Balaban J connectivity index is 1.94. The molecule has 5 nitrogen and oxygen atoms in total. The van der Waals surface area contributed by atoms with Crippen LogP contribution in [0.1, 0.15) is 23.9 Å². The lowest BCUT2D eigenvalue weighted by Gasteiger charge is -2.21. The Labute approximate surface area is 125 Å². The number of pyridine rings is 1. The molecule has 0 saturated heterocycles. The lowest BCUT2D eigenvalue weighted by atomic mass is 10.2. The monoisotopic (exact) mass is 286 g/mol. The van der Waals surface area contributed by atoms with Crippen molar-refractivity contribution in [3.63, 3.8) is 0 Å². The molecule has 2 rings (SSSR count). The molecule has 2 aromatic rings. The lowest BCUT2D eigenvalue weighted by molar-refractivity contribution is -0.131. The molecule has 0 aromatic carbocycles. The van der Waals surface area contributed by atoms with Gasteiger partial charge in [-0.25, -0.2) is 0 Å². The summed E-state index contributed by atoms with van der Waals surface area (Å²) in [6.07, 6.45) is 4.41. The van der Waals surface area contributed by atoms with Crippen molar-refractivity contribution in [3.8, 4) is 0 Å². The molecule has 0 bridgehead atoms. The number of aromatic nitrogens is 3. The molecule has 112 valence electrons. The maximum Gasteiger partial charge on any atom is 0.244 e. The molecule has 0 spiro atoms. The summed E-state index contributed by atoms with van der Waals surface area (Å²) in [5.74, 6) is 0.109. The number of rotatable bonds is 6. The predicted octanol–water partition coefficient (Wildman–Crippen LogP) is 1.99. The van der Waals surface area contributed by atoms with Gasteiger partial charge in [0.15, 0.2) is 0 Å². The quantitative estimate of drug-likeness (QED) is 0.816. The number of amides is 1. The van der Waals surface area contributed by atoms with Gasteiger partial charge in [-0.3, -0.25) is 14.5 Å². The minimum atomic E-state index is 0.109. The van der Waals surface area contributed by atoms with Crippen molar-refractivity contribution < 1.29 is 4.79 Å². The normalized spacial score (nSPS) is 10.6. The average molecular weight is 286 g/mol. The van der Waals surface area contributed by atoms with E-state index in [1.165, 1.54) is 5.56 Å². The average Bonchev–Trinajstić information content (AvgIpc) is 2.78. The Morgan fingerprint density at radius 3 is 2.57 bits per heavy atom. The van der Waals surface area contributed by atoms with E-state index in [0.29, 0.717) is 13.1 Å². The van der Waals surface area contributed by atoms with Gasteiger partial charge in [-0.15, -0.1) is 0 Å². The molecule has 21 heavy (non-hydrogen) atoms. The van der Waals surface area contributed by atoms with Crippen LogP contribution in [0.4, 0.5) is 0 Å². The maximum atomic E-state index is 12.4. The fraction of sp³-hybridized carbons (Fsp3) is 0.438. The van der Waals surface area contributed by atoms with Crippen LogP contribution in [0.5, 0.6) is 0 Å². The van der Waals surface area contributed by atoms with Crippen molar-refractivity contribution in [2.75, 3.05) is 13.1 Å². The summed E-state index contributed by atoms with van der Waals surface area (Å²) >= 11 is 0. The van der Waals surface area contributed by atoms with Gasteiger partial charge in [0, 0.05) is 31.2 Å². The molecule has 0 aliphatic rings. The number of aryl methyl sites for hydroxylation is 2. The summed E-state index contributed by atoms with van der Waals surface area (Å²) in [6, 6.07) is 5.96. The highest BCUT2D eigenvalue weighted by Crippen LogP contribution is 2.05. The summed E-state index contributed by atoms with van der Waals surface area (Å²) in [5.41, 5.74) is 3.16. The van der Waals surface area contributed by atoms with E-state index in [1.54, 1.807) is 17.1 Å². The lowest BCUT2D eigenvalue weighted by Crippen LogP contribution is -2.35. The molecule has 0 N–H and O–H groups in total. The second kappa shape index (κ2) is 7.02. The van der Waals surface area contributed by atoms with Crippen LogP contribution in [0.2, 0.25) is 0 Å². The second-order valence-corrected chi connectivity index (χ2v) is 5.16. The number of hydrogen-bond acceptors (Lipinski definition) is 3. The van der Waals surface area contributed by atoms with E-state index in [-0.39, 0.29) is 5.91 Å². The summed E-state index contributed by atoms with van der Waals surface area (Å²) in [5, 5.41) is 4.35. The van der Waals surface area contributed by atoms with Gasteiger partial charge in [-0.2, -0.15) is 5.10 Å². The van der Waals surface area contributed by atoms with Crippen LogP contribution in [0, 0.1) is 13.8 Å². The fourth-order valence-electron chi connectivity index (χ4n) is 2.34. The van der Waals surface area contributed by atoms with Gasteiger partial charge in [-0.1, -0.05) is 0 Å². The first-order valence-electron chi connectivity index (χ1n) is 7.28. The van der Waals surface area contributed by atoms with Gasteiger partial charge in [-0.05, 0) is 51.0 Å². The number of carbonyl (C=O) groups is 1. The minimum Gasteiger partial charge on any atom is -0.341 e. The third kappa shape index (κ3) is 4.15. The Bertz CT molecular complexity index is 592. The van der Waals surface area contributed by atoms with Gasteiger partial charge in [0.2, 0.25) is 5.91 Å². The zero-order chi connectivity index (χ0) is 15.2. The summed E-state index contributed by atoms with van der Waals surface area (Å²) < 4.78 is 1.77. The summed E-state index contributed by atoms with van der Waals surface area (Å²) in [6.45, 7) is 7.66. The van der Waals surface area contributed by atoms with E-state index in [0.717, 1.165) is 24.4 Å². The van der Waals surface area contributed by atoms with E-state index in [2.05, 4.69) is 10.1 Å². The van der Waals surface area contributed by atoms with Crippen LogP contribution >= 0.6 is 0 Å². The molecule has 0 atom stereocenters. The van der Waals surface area contributed by atoms with E-state index in [4.69, 9.17) is 0 Å². The van der Waals surface area contributed by atoms with Crippen molar-refractivity contribution >= 4 is 5.91 Å². The molecular formula is C16H22N4O. The number of carbonyl (C=O) groups excluding carboxylic acids is 1. The van der Waals surface area contributed by atoms with Crippen molar-refractivity contribution in [1.82, 2.24) is 19.7 Å². The van der Waals surface area contributed by atoms with Gasteiger partial charge < -0.3 is 4.90 Å². The molecule has 5 heteroatoms. The molecule has 0 saturated carbocycles. The molecule has 0 radical (unpaired) electrons. The fourth-order valence-corrected chi connectivity index (χ4v) is 2.34. The van der Waals surface area contributed by atoms with Crippen molar-refractivity contribution in [2.45, 2.75) is 33.7 Å². The second-order valence-electron chi connectivity index (χ2n) is 5.16. The maximum absolute atomic E-state index is 12.4. The highest BCUT2D eigenvalue weighted by molar-refractivity contribution is 5.76. The van der Waals surface area contributed by atoms with Gasteiger partial charge >= 0.3 is 0 Å². The smallest absolute Gasteiger partial charge is 0.244 e. The first kappa shape index (κ1) is 15.2. The van der Waals surface area contributed by atoms with Crippen LogP contribution in [0.25, 0.3) is 0 Å². The Morgan fingerprint density at radius 1 is 1.29 bits per heavy atom. The van der Waals surface area contributed by atoms with Crippen molar-refractivity contribution in [3.05, 3.63) is 47.5 Å². The Hall–Kier alpha value is -2.17. The van der Waals surface area contributed by atoms with Gasteiger partial charge in [0.25, 0.3) is 0 Å². The zero-order valence-electron chi connectivity index (χ0n) is 12.9. The summed E-state index contributed by atoms with van der Waals surface area (Å²) in [7, 11) is 0. The molecule has 0 fully saturated rings. The number of nitrogens with zero attached hydrogens (tertiary/aromatic N) is 4. The highest BCUT2D eigenvalue weighted by atomic mass is 16.2. The summed E-state index contributed by atoms with van der Waals surface area (Å²) in [4.78, 5) is 18.3. The van der Waals surface area contributed by atoms with Gasteiger partial charge in [0.1, 0.15) is 6.54 Å². The largest absolute Gasteiger partial charge is 0.341 e. The van der Waals surface area contributed by atoms with Crippen molar-refractivity contribution in [2.24, 2.45) is 0 Å². The van der Waals surface area contributed by atoms with Crippen LogP contribution in [0.15, 0.2) is 30.6 Å². The van der Waals surface area contributed by atoms with Crippen LogP contribution < -0.4 is 0 Å². The first-order valence-corrected chi connectivity index (χ1v) is 7.28. The minimum absolute atomic E-state index is 0.109. The van der Waals surface area contributed by atoms with E-state index < -0.39 is 0 Å². The molecular weight excluding hydrogens is 264 g/mol. The van der Waals surface area contributed by atoms with E-state index in [9.17, 15) is 4.79 Å². The van der Waals surface area contributed by atoms with E-state index >= 15 is 0 Å². The number of hydrogen-bond donors (Lipinski definition) is 0. The van der Waals surface area contributed by atoms with Crippen molar-refractivity contribution in [1.29, 1.82) is 0 Å². The molecule has 0 aliphatic carbocycles. The SMILES string of the molecule is CCN(CCc1ccncc1)C(=O)Cn1nc(C)cc1C. The standard InChI is InChI=1S/C16H22N4O/c1-4-19(10-7-15-5-8-17-9-6-15)16(21)12-20-14(3)11-13(2)18-20/h5-6,8-9,11H,4,7,10,12H2,1-3H3. The molecule has 2 aromatic heterocycles. The molecule has 2 heterocycles. The van der Waals surface area contributed by atoms with Crippen LogP contribution in [-0.4, -0.2) is 38.7 Å². The molecule has 0 aliphatic heterocycles. The topological polar surface area (TPSA) is 51.0 Å². The third-order valence-corrected chi connectivity index (χ3v) is 3.54. The zero-order valence-corrected chi connectivity index (χ0v) is 12.9. The molecule has 0 unspecified atom stereocenters. The van der Waals surface area contributed by atoms with Crippen LogP contribution in [-0.2, 0) is 17.8 Å². The predicted molar refractivity (Wildman–Crippen MR) is 81.9 cm³/mol. The van der Waals surface area contributed by atoms with Crippen LogP contribution in [0.3, 0.4) is 0 Å².